The van der Waals surface area contributed by atoms with E-state index in [0.29, 0.717) is 12.1 Å². The lowest BCUT2D eigenvalue weighted by Gasteiger charge is -2.17. The number of nitrogens with zero attached hydrogens (tertiary/aromatic N) is 1. The van der Waals surface area contributed by atoms with Crippen LogP contribution in [0.5, 0.6) is 0 Å². The van der Waals surface area contributed by atoms with Crippen LogP contribution in [0.4, 0.5) is 11.4 Å². The first kappa shape index (κ1) is 11.9. The molecule has 4 nitrogen and oxygen atoms in total. The van der Waals surface area contributed by atoms with Gasteiger partial charge in [0, 0.05) is 24.5 Å². The molecule has 1 amide bonds. The third-order valence-electron chi connectivity index (χ3n) is 3.08. The number of benzene rings is 1. The highest BCUT2D eigenvalue weighted by atomic mass is 16.2. The standard InChI is InChI=1S/C13H18N2O2/c14-11-4-5-12-10(8-11)9-13(17)15(12)6-2-1-3-7-16/h4-5,8,16H,1-3,6-7,9,14H2. The molecule has 0 aliphatic carbocycles. The number of nitrogens with two attached hydrogens (primary N) is 1. The van der Waals surface area contributed by atoms with Crippen molar-refractivity contribution >= 4 is 17.3 Å². The van der Waals surface area contributed by atoms with Crippen LogP contribution in [-0.2, 0) is 11.2 Å². The lowest BCUT2D eigenvalue weighted by molar-refractivity contribution is -0.117. The van der Waals surface area contributed by atoms with Gasteiger partial charge in [-0.1, -0.05) is 0 Å². The van der Waals surface area contributed by atoms with Gasteiger partial charge in [0.1, 0.15) is 0 Å². The first-order valence-corrected chi connectivity index (χ1v) is 6.02. The molecular formula is C13H18N2O2. The molecule has 3 N–H and O–H groups in total. The average Bonchev–Trinajstić information content (AvgIpc) is 2.60. The molecule has 2 rings (SSSR count). The van der Waals surface area contributed by atoms with Crippen LogP contribution in [-0.4, -0.2) is 24.2 Å². The summed E-state index contributed by atoms with van der Waals surface area (Å²) in [5.41, 5.74) is 8.43. The fraction of sp³-hybridized carbons (Fsp3) is 0.462. The van der Waals surface area contributed by atoms with E-state index in [4.69, 9.17) is 10.8 Å². The van der Waals surface area contributed by atoms with Gasteiger partial charge in [-0.3, -0.25) is 4.79 Å². The van der Waals surface area contributed by atoms with Crippen molar-refractivity contribution in [3.8, 4) is 0 Å². The summed E-state index contributed by atoms with van der Waals surface area (Å²) in [7, 11) is 0. The van der Waals surface area contributed by atoms with Crippen molar-refractivity contribution in [2.45, 2.75) is 25.7 Å². The zero-order chi connectivity index (χ0) is 12.3. The van der Waals surface area contributed by atoms with Gasteiger partial charge in [0.05, 0.1) is 6.42 Å². The Kier molecular flexibility index (Phi) is 3.64. The Morgan fingerprint density at radius 1 is 1.29 bits per heavy atom. The van der Waals surface area contributed by atoms with Crippen molar-refractivity contribution in [3.63, 3.8) is 0 Å². The third kappa shape index (κ3) is 2.58. The monoisotopic (exact) mass is 234 g/mol. The quantitative estimate of drug-likeness (QED) is 0.596. The highest BCUT2D eigenvalue weighted by Gasteiger charge is 2.26. The molecule has 1 heterocycles. The van der Waals surface area contributed by atoms with Gasteiger partial charge >= 0.3 is 0 Å². The highest BCUT2D eigenvalue weighted by molar-refractivity contribution is 6.01. The topological polar surface area (TPSA) is 66.6 Å². The van der Waals surface area contributed by atoms with Crippen LogP contribution in [0.25, 0.3) is 0 Å². The maximum absolute atomic E-state index is 11.8. The molecule has 1 aliphatic heterocycles. The first-order chi connectivity index (χ1) is 8.22. The number of unbranched alkanes of at least 4 members (excludes halogenated alkanes) is 2. The van der Waals surface area contributed by atoms with Crippen LogP contribution >= 0.6 is 0 Å². The summed E-state index contributed by atoms with van der Waals surface area (Å²) < 4.78 is 0. The molecule has 0 spiro atoms. The molecule has 0 aromatic heterocycles. The summed E-state index contributed by atoms with van der Waals surface area (Å²) in [4.78, 5) is 13.7. The lowest BCUT2D eigenvalue weighted by Crippen LogP contribution is -2.27. The number of aliphatic hydroxyl groups excluding tert-OH is 1. The zero-order valence-corrected chi connectivity index (χ0v) is 9.85. The molecule has 1 aromatic carbocycles. The number of aliphatic hydroxyl groups is 1. The van der Waals surface area contributed by atoms with Gasteiger partial charge in [-0.15, -0.1) is 0 Å². The van der Waals surface area contributed by atoms with Gasteiger partial charge in [-0.05, 0) is 43.0 Å². The largest absolute Gasteiger partial charge is 0.399 e. The van der Waals surface area contributed by atoms with E-state index in [-0.39, 0.29) is 12.5 Å². The number of anilines is 2. The van der Waals surface area contributed by atoms with Crippen molar-refractivity contribution in [2.75, 3.05) is 23.8 Å². The molecule has 0 atom stereocenters. The second-order valence-corrected chi connectivity index (χ2v) is 4.39. The Balaban J connectivity index is 2.02. The fourth-order valence-electron chi connectivity index (χ4n) is 2.21. The van der Waals surface area contributed by atoms with Gasteiger partial charge in [0.2, 0.25) is 5.91 Å². The van der Waals surface area contributed by atoms with Crippen LogP contribution in [0.1, 0.15) is 24.8 Å². The normalized spacial score (nSPS) is 14.2. The smallest absolute Gasteiger partial charge is 0.231 e. The van der Waals surface area contributed by atoms with Crippen molar-refractivity contribution in [2.24, 2.45) is 0 Å². The zero-order valence-electron chi connectivity index (χ0n) is 9.85. The average molecular weight is 234 g/mol. The second kappa shape index (κ2) is 5.19. The summed E-state index contributed by atoms with van der Waals surface area (Å²) in [6.07, 6.45) is 3.14. The van der Waals surface area contributed by atoms with Crippen LogP contribution < -0.4 is 10.6 Å². The van der Waals surface area contributed by atoms with E-state index in [1.165, 1.54) is 0 Å². The minimum atomic E-state index is 0.148. The van der Waals surface area contributed by atoms with E-state index in [0.717, 1.165) is 37.1 Å². The van der Waals surface area contributed by atoms with E-state index in [1.54, 1.807) is 0 Å². The SMILES string of the molecule is Nc1ccc2c(c1)CC(=O)N2CCCCCO. The molecule has 4 heteroatoms. The number of nitrogen functional groups attached to an aromatic ring is 1. The fourth-order valence-corrected chi connectivity index (χ4v) is 2.21. The van der Waals surface area contributed by atoms with Crippen LogP contribution in [0, 0.1) is 0 Å². The number of amides is 1. The molecule has 0 saturated heterocycles. The summed E-state index contributed by atoms with van der Waals surface area (Å²) in [6.45, 7) is 0.955. The second-order valence-electron chi connectivity index (χ2n) is 4.39. The maximum atomic E-state index is 11.8. The Morgan fingerprint density at radius 2 is 2.12 bits per heavy atom. The minimum Gasteiger partial charge on any atom is -0.399 e. The number of fused-ring (bicyclic) bond motifs is 1. The molecule has 17 heavy (non-hydrogen) atoms. The molecule has 1 aromatic rings. The molecular weight excluding hydrogens is 216 g/mol. The van der Waals surface area contributed by atoms with E-state index in [9.17, 15) is 4.79 Å². The molecule has 0 radical (unpaired) electrons. The van der Waals surface area contributed by atoms with Gasteiger partial charge in [-0.2, -0.15) is 0 Å². The molecule has 92 valence electrons. The molecule has 0 saturated carbocycles. The van der Waals surface area contributed by atoms with Gasteiger partial charge in [-0.25, -0.2) is 0 Å². The molecule has 0 fully saturated rings. The Hall–Kier alpha value is -1.55. The summed E-state index contributed by atoms with van der Waals surface area (Å²) in [5.74, 6) is 0.148. The summed E-state index contributed by atoms with van der Waals surface area (Å²) >= 11 is 0. The molecule has 0 unspecified atom stereocenters. The van der Waals surface area contributed by atoms with E-state index in [1.807, 2.05) is 23.1 Å². The van der Waals surface area contributed by atoms with Crippen LogP contribution in [0.3, 0.4) is 0 Å². The predicted octanol–water partition coefficient (Wildman–Crippen LogP) is 1.32. The number of rotatable bonds is 5. The number of hydrogen-bond acceptors (Lipinski definition) is 3. The van der Waals surface area contributed by atoms with Crippen molar-refractivity contribution in [3.05, 3.63) is 23.8 Å². The summed E-state index contributed by atoms with van der Waals surface area (Å²) in [5, 5.41) is 8.70. The van der Waals surface area contributed by atoms with Crippen LogP contribution in [0.15, 0.2) is 18.2 Å². The maximum Gasteiger partial charge on any atom is 0.231 e. The van der Waals surface area contributed by atoms with Gasteiger partial charge < -0.3 is 15.7 Å². The van der Waals surface area contributed by atoms with Crippen molar-refractivity contribution in [1.29, 1.82) is 0 Å². The highest BCUT2D eigenvalue weighted by Crippen LogP contribution is 2.30. The van der Waals surface area contributed by atoms with E-state index < -0.39 is 0 Å². The minimum absolute atomic E-state index is 0.148. The van der Waals surface area contributed by atoms with Crippen molar-refractivity contribution < 1.29 is 9.90 Å². The number of carbonyl (C=O) groups excluding carboxylic acids is 1. The molecule has 0 bridgehead atoms. The predicted molar refractivity (Wildman–Crippen MR) is 67.8 cm³/mol. The molecule has 1 aliphatic rings. The van der Waals surface area contributed by atoms with Crippen LogP contribution in [0.2, 0.25) is 0 Å². The lowest BCUT2D eigenvalue weighted by atomic mass is 10.1. The van der Waals surface area contributed by atoms with E-state index >= 15 is 0 Å². The number of hydrogen-bond donors (Lipinski definition) is 2. The Morgan fingerprint density at radius 3 is 2.88 bits per heavy atom. The van der Waals surface area contributed by atoms with Gasteiger partial charge in [0.25, 0.3) is 0 Å². The third-order valence-corrected chi connectivity index (χ3v) is 3.08. The number of carbonyl (C=O) groups is 1. The Labute approximate surface area is 101 Å². The van der Waals surface area contributed by atoms with Gasteiger partial charge in [0.15, 0.2) is 0 Å². The Bertz CT molecular complexity index is 418. The van der Waals surface area contributed by atoms with E-state index in [2.05, 4.69) is 0 Å². The summed E-state index contributed by atoms with van der Waals surface area (Å²) in [6, 6.07) is 5.63. The van der Waals surface area contributed by atoms with Crippen molar-refractivity contribution in [1.82, 2.24) is 0 Å². The first-order valence-electron chi connectivity index (χ1n) is 6.02.